The standard InChI is InChI=1S/C11H13BrN4O/c12-9-6-14-11-2-1-10(15-16(9)11)13-5-8-3-4-17-7-8/h1-2,6,8H,3-5,7H2,(H,13,15). The lowest BCUT2D eigenvalue weighted by Gasteiger charge is -2.09. The first-order valence-electron chi connectivity index (χ1n) is 5.65. The van der Waals surface area contributed by atoms with Gasteiger partial charge in [-0.3, -0.25) is 0 Å². The molecule has 0 saturated carbocycles. The average Bonchev–Trinajstić information content (AvgIpc) is 2.97. The van der Waals surface area contributed by atoms with Gasteiger partial charge in [0.2, 0.25) is 0 Å². The summed E-state index contributed by atoms with van der Waals surface area (Å²) >= 11 is 3.41. The molecular weight excluding hydrogens is 284 g/mol. The summed E-state index contributed by atoms with van der Waals surface area (Å²) in [6.45, 7) is 2.64. The molecule has 3 heterocycles. The second-order valence-electron chi connectivity index (χ2n) is 4.18. The van der Waals surface area contributed by atoms with Gasteiger partial charge in [0.1, 0.15) is 10.4 Å². The number of rotatable bonds is 3. The Balaban J connectivity index is 1.73. The molecule has 3 rings (SSSR count). The molecule has 1 unspecified atom stereocenters. The summed E-state index contributed by atoms with van der Waals surface area (Å²) in [5.74, 6) is 1.46. The summed E-state index contributed by atoms with van der Waals surface area (Å²) in [6.07, 6.45) is 2.88. The van der Waals surface area contributed by atoms with Crippen LogP contribution in [0.4, 0.5) is 5.82 Å². The molecule has 1 fully saturated rings. The van der Waals surface area contributed by atoms with Gasteiger partial charge in [0.05, 0.1) is 12.8 Å². The fraction of sp³-hybridized carbons (Fsp3) is 0.455. The summed E-state index contributed by atoms with van der Waals surface area (Å²) in [7, 11) is 0. The molecule has 1 aliphatic heterocycles. The lowest BCUT2D eigenvalue weighted by molar-refractivity contribution is 0.187. The minimum Gasteiger partial charge on any atom is -0.381 e. The van der Waals surface area contributed by atoms with Crippen LogP contribution in [0, 0.1) is 5.92 Å². The Bertz CT molecular complexity index is 521. The molecule has 0 aromatic carbocycles. The summed E-state index contributed by atoms with van der Waals surface area (Å²) in [6, 6.07) is 3.90. The third kappa shape index (κ3) is 2.28. The molecule has 5 nitrogen and oxygen atoms in total. The van der Waals surface area contributed by atoms with Crippen molar-refractivity contribution >= 4 is 27.4 Å². The number of ether oxygens (including phenoxy) is 1. The van der Waals surface area contributed by atoms with Gasteiger partial charge in [-0.05, 0) is 34.5 Å². The van der Waals surface area contributed by atoms with Gasteiger partial charge < -0.3 is 10.1 Å². The molecule has 0 amide bonds. The van der Waals surface area contributed by atoms with Gasteiger partial charge in [-0.1, -0.05) is 0 Å². The molecule has 1 N–H and O–H groups in total. The predicted molar refractivity (Wildman–Crippen MR) is 68.1 cm³/mol. The van der Waals surface area contributed by atoms with Crippen molar-refractivity contribution in [1.29, 1.82) is 0 Å². The van der Waals surface area contributed by atoms with Gasteiger partial charge in [0.25, 0.3) is 0 Å². The van der Waals surface area contributed by atoms with Crippen LogP contribution in [0.15, 0.2) is 22.9 Å². The SMILES string of the molecule is Brc1cnc2ccc(NCC3CCOC3)nn12. The van der Waals surface area contributed by atoms with Crippen molar-refractivity contribution < 1.29 is 4.74 Å². The normalized spacial score (nSPS) is 19.9. The molecule has 0 radical (unpaired) electrons. The number of imidazole rings is 1. The third-order valence-electron chi connectivity index (χ3n) is 2.92. The van der Waals surface area contributed by atoms with E-state index in [0.29, 0.717) is 5.92 Å². The Kier molecular flexibility index (Phi) is 2.98. The molecule has 1 atom stereocenters. The van der Waals surface area contributed by atoms with Crippen LogP contribution in [-0.2, 0) is 4.74 Å². The Morgan fingerprint density at radius 1 is 1.53 bits per heavy atom. The number of hydrogen-bond donors (Lipinski definition) is 1. The minimum absolute atomic E-state index is 0.596. The van der Waals surface area contributed by atoms with Crippen molar-refractivity contribution in [3.8, 4) is 0 Å². The van der Waals surface area contributed by atoms with Crippen LogP contribution in [0.2, 0.25) is 0 Å². The molecular formula is C11H13BrN4O. The van der Waals surface area contributed by atoms with Crippen molar-refractivity contribution in [2.45, 2.75) is 6.42 Å². The fourth-order valence-electron chi connectivity index (χ4n) is 1.93. The van der Waals surface area contributed by atoms with Gasteiger partial charge in [-0.25, -0.2) is 9.50 Å². The van der Waals surface area contributed by atoms with Crippen LogP contribution in [-0.4, -0.2) is 34.4 Å². The van der Waals surface area contributed by atoms with E-state index < -0.39 is 0 Å². The number of nitrogens with one attached hydrogen (secondary N) is 1. The van der Waals surface area contributed by atoms with Crippen LogP contribution in [0.5, 0.6) is 0 Å². The van der Waals surface area contributed by atoms with Crippen LogP contribution >= 0.6 is 15.9 Å². The van der Waals surface area contributed by atoms with Crippen molar-refractivity contribution in [2.24, 2.45) is 5.92 Å². The van der Waals surface area contributed by atoms with E-state index in [1.54, 1.807) is 10.7 Å². The highest BCUT2D eigenvalue weighted by Gasteiger charge is 2.15. The Morgan fingerprint density at radius 3 is 3.29 bits per heavy atom. The molecule has 90 valence electrons. The molecule has 6 heteroatoms. The average molecular weight is 297 g/mol. The van der Waals surface area contributed by atoms with Crippen molar-refractivity contribution in [3.63, 3.8) is 0 Å². The van der Waals surface area contributed by atoms with Crippen molar-refractivity contribution in [2.75, 3.05) is 25.1 Å². The molecule has 0 bridgehead atoms. The minimum atomic E-state index is 0.596. The fourth-order valence-corrected chi connectivity index (χ4v) is 2.30. The first kappa shape index (κ1) is 11.0. The molecule has 0 spiro atoms. The molecule has 1 aliphatic rings. The smallest absolute Gasteiger partial charge is 0.154 e. The topological polar surface area (TPSA) is 51.5 Å². The second-order valence-corrected chi connectivity index (χ2v) is 4.99. The number of hydrogen-bond acceptors (Lipinski definition) is 4. The van der Waals surface area contributed by atoms with E-state index in [1.807, 2.05) is 12.1 Å². The Hall–Kier alpha value is -1.14. The number of fused-ring (bicyclic) bond motifs is 1. The summed E-state index contributed by atoms with van der Waals surface area (Å²) in [5.41, 5.74) is 0.839. The molecule has 1 saturated heterocycles. The highest BCUT2D eigenvalue weighted by molar-refractivity contribution is 9.10. The first-order chi connectivity index (χ1) is 8.33. The van der Waals surface area contributed by atoms with Gasteiger partial charge >= 0.3 is 0 Å². The van der Waals surface area contributed by atoms with Crippen LogP contribution in [0.3, 0.4) is 0 Å². The zero-order chi connectivity index (χ0) is 11.7. The third-order valence-corrected chi connectivity index (χ3v) is 3.46. The number of halogens is 1. The zero-order valence-corrected chi connectivity index (χ0v) is 10.9. The lowest BCUT2D eigenvalue weighted by Crippen LogP contribution is -2.15. The second kappa shape index (κ2) is 4.62. The van der Waals surface area contributed by atoms with E-state index in [-0.39, 0.29) is 0 Å². The van der Waals surface area contributed by atoms with Crippen LogP contribution < -0.4 is 5.32 Å². The summed E-state index contributed by atoms with van der Waals surface area (Å²) in [4.78, 5) is 4.20. The van der Waals surface area contributed by atoms with E-state index in [9.17, 15) is 0 Å². The largest absolute Gasteiger partial charge is 0.381 e. The molecule has 0 aliphatic carbocycles. The number of aromatic nitrogens is 3. The van der Waals surface area contributed by atoms with Gasteiger partial charge in [-0.2, -0.15) is 0 Å². The maximum atomic E-state index is 5.34. The van der Waals surface area contributed by atoms with E-state index >= 15 is 0 Å². The lowest BCUT2D eigenvalue weighted by atomic mass is 10.1. The van der Waals surface area contributed by atoms with E-state index in [4.69, 9.17) is 4.74 Å². The number of nitrogens with zero attached hydrogens (tertiary/aromatic N) is 3. The monoisotopic (exact) mass is 296 g/mol. The number of anilines is 1. The van der Waals surface area contributed by atoms with Gasteiger partial charge in [0, 0.05) is 19.1 Å². The Labute approximate surface area is 107 Å². The van der Waals surface area contributed by atoms with E-state index in [2.05, 4.69) is 31.3 Å². The van der Waals surface area contributed by atoms with Crippen LogP contribution in [0.1, 0.15) is 6.42 Å². The van der Waals surface area contributed by atoms with Crippen molar-refractivity contribution in [3.05, 3.63) is 22.9 Å². The Morgan fingerprint density at radius 2 is 2.47 bits per heavy atom. The highest BCUT2D eigenvalue weighted by atomic mass is 79.9. The maximum absolute atomic E-state index is 5.34. The van der Waals surface area contributed by atoms with Gasteiger partial charge in [-0.15, -0.1) is 5.10 Å². The van der Waals surface area contributed by atoms with Crippen LogP contribution in [0.25, 0.3) is 5.65 Å². The predicted octanol–water partition coefficient (Wildman–Crippen LogP) is 1.94. The summed E-state index contributed by atoms with van der Waals surface area (Å²) in [5, 5.41) is 7.79. The van der Waals surface area contributed by atoms with E-state index in [0.717, 1.165) is 42.2 Å². The molecule has 2 aromatic heterocycles. The summed E-state index contributed by atoms with van der Waals surface area (Å²) < 4.78 is 7.97. The zero-order valence-electron chi connectivity index (χ0n) is 9.27. The first-order valence-corrected chi connectivity index (χ1v) is 6.44. The molecule has 17 heavy (non-hydrogen) atoms. The highest BCUT2D eigenvalue weighted by Crippen LogP contribution is 2.15. The quantitative estimate of drug-likeness (QED) is 0.940. The van der Waals surface area contributed by atoms with Crippen molar-refractivity contribution in [1.82, 2.24) is 14.6 Å². The van der Waals surface area contributed by atoms with E-state index in [1.165, 1.54) is 0 Å². The molecule has 2 aromatic rings. The van der Waals surface area contributed by atoms with Gasteiger partial charge in [0.15, 0.2) is 5.65 Å². The maximum Gasteiger partial charge on any atom is 0.154 e.